The molecule has 0 bridgehead atoms. The smallest absolute Gasteiger partial charge is 0.255 e. The minimum atomic E-state index is -4.01. The fourth-order valence-corrected chi connectivity index (χ4v) is 3.24. The molecule has 0 heterocycles. The SMILES string of the molecule is N#CC=CS(=O)(=O)Nc1ccccc1S(=O)(=O)C=CC#N. The van der Waals surface area contributed by atoms with Gasteiger partial charge in [-0.15, -0.1) is 0 Å². The van der Waals surface area contributed by atoms with Crippen LogP contribution in [-0.4, -0.2) is 16.8 Å². The molecule has 0 spiro atoms. The number of nitriles is 2. The van der Waals surface area contributed by atoms with Crippen LogP contribution in [0, 0.1) is 22.7 Å². The maximum Gasteiger partial charge on any atom is 0.255 e. The van der Waals surface area contributed by atoms with Crippen LogP contribution < -0.4 is 4.72 Å². The Hall–Kier alpha value is -2.62. The lowest BCUT2D eigenvalue weighted by Crippen LogP contribution is -2.12. The second-order valence-electron chi connectivity index (χ2n) is 3.55. The van der Waals surface area contributed by atoms with E-state index in [1.807, 2.05) is 4.72 Å². The molecule has 7 nitrogen and oxygen atoms in total. The summed E-state index contributed by atoms with van der Waals surface area (Å²) in [7, 11) is -7.97. The van der Waals surface area contributed by atoms with Crippen LogP contribution in [0.1, 0.15) is 0 Å². The largest absolute Gasteiger partial charge is 0.279 e. The average Bonchev–Trinajstić information content (AvgIpc) is 2.43. The molecule has 1 rings (SSSR count). The van der Waals surface area contributed by atoms with E-state index < -0.39 is 19.9 Å². The van der Waals surface area contributed by atoms with Gasteiger partial charge in [-0.3, -0.25) is 4.72 Å². The van der Waals surface area contributed by atoms with E-state index in [0.29, 0.717) is 10.8 Å². The second kappa shape index (κ2) is 6.70. The summed E-state index contributed by atoms with van der Waals surface area (Å²) in [5, 5.41) is 18.0. The van der Waals surface area contributed by atoms with Gasteiger partial charge in [0.2, 0.25) is 9.84 Å². The molecule has 0 atom stereocenters. The predicted octanol–water partition coefficient (Wildman–Crippen LogP) is 1.28. The molecule has 0 saturated carbocycles. The second-order valence-corrected chi connectivity index (χ2v) is 6.92. The molecule has 0 saturated heterocycles. The van der Waals surface area contributed by atoms with E-state index in [1.165, 1.54) is 30.3 Å². The highest BCUT2D eigenvalue weighted by molar-refractivity contribution is 7.96. The van der Waals surface area contributed by atoms with Gasteiger partial charge in [0.15, 0.2) is 0 Å². The van der Waals surface area contributed by atoms with Crippen molar-refractivity contribution in [1.29, 1.82) is 10.5 Å². The van der Waals surface area contributed by atoms with E-state index >= 15 is 0 Å². The van der Waals surface area contributed by atoms with Gasteiger partial charge in [0.25, 0.3) is 10.0 Å². The molecule has 1 aromatic carbocycles. The van der Waals surface area contributed by atoms with Crippen molar-refractivity contribution < 1.29 is 16.8 Å². The number of anilines is 1. The minimum Gasteiger partial charge on any atom is -0.279 e. The number of hydrogen-bond acceptors (Lipinski definition) is 6. The van der Waals surface area contributed by atoms with Crippen molar-refractivity contribution in [2.45, 2.75) is 4.90 Å². The highest BCUT2D eigenvalue weighted by Crippen LogP contribution is 2.24. The third-order valence-corrected chi connectivity index (χ3v) is 4.55. The Morgan fingerprint density at radius 3 is 2.14 bits per heavy atom. The summed E-state index contributed by atoms with van der Waals surface area (Å²) < 4.78 is 49.3. The first-order chi connectivity index (χ1) is 9.82. The zero-order valence-corrected chi connectivity index (χ0v) is 12.1. The van der Waals surface area contributed by atoms with Crippen LogP contribution in [0.15, 0.2) is 52.1 Å². The van der Waals surface area contributed by atoms with Crippen molar-refractivity contribution in [3.63, 3.8) is 0 Å². The Labute approximate surface area is 122 Å². The van der Waals surface area contributed by atoms with Crippen LogP contribution in [0.4, 0.5) is 5.69 Å². The molecule has 21 heavy (non-hydrogen) atoms. The number of benzene rings is 1. The summed E-state index contributed by atoms with van der Waals surface area (Å²) in [6.07, 6.45) is 1.52. The van der Waals surface area contributed by atoms with Crippen molar-refractivity contribution in [2.24, 2.45) is 0 Å². The number of allylic oxidation sites excluding steroid dienone is 2. The first-order valence-corrected chi connectivity index (χ1v) is 8.41. The fourth-order valence-electron chi connectivity index (χ4n) is 1.30. The molecule has 0 aliphatic heterocycles. The van der Waals surface area contributed by atoms with E-state index in [-0.39, 0.29) is 10.6 Å². The van der Waals surface area contributed by atoms with Gasteiger partial charge in [0.05, 0.1) is 28.1 Å². The summed E-state index contributed by atoms with van der Waals surface area (Å²) in [4.78, 5) is -0.301. The fraction of sp³-hybridized carbons (Fsp3) is 0. The lowest BCUT2D eigenvalue weighted by molar-refractivity contribution is 0.605. The van der Waals surface area contributed by atoms with Gasteiger partial charge < -0.3 is 0 Å². The molecule has 1 N–H and O–H groups in total. The third-order valence-electron chi connectivity index (χ3n) is 2.09. The lowest BCUT2D eigenvalue weighted by atomic mass is 10.3. The number of para-hydroxylation sites is 1. The van der Waals surface area contributed by atoms with Gasteiger partial charge in [-0.25, -0.2) is 16.8 Å². The predicted molar refractivity (Wildman–Crippen MR) is 75.7 cm³/mol. The van der Waals surface area contributed by atoms with Gasteiger partial charge in [0, 0.05) is 17.6 Å². The van der Waals surface area contributed by atoms with Crippen LogP contribution >= 0.6 is 0 Å². The lowest BCUT2D eigenvalue weighted by Gasteiger charge is -2.09. The van der Waals surface area contributed by atoms with Crippen LogP contribution in [-0.2, 0) is 19.9 Å². The molecule has 0 radical (unpaired) electrons. The van der Waals surface area contributed by atoms with Crippen LogP contribution in [0.5, 0.6) is 0 Å². The first kappa shape index (κ1) is 16.4. The number of nitrogens with one attached hydrogen (secondary N) is 1. The normalized spacial score (nSPS) is 12.1. The molecule has 0 aromatic heterocycles. The first-order valence-electron chi connectivity index (χ1n) is 5.31. The van der Waals surface area contributed by atoms with Gasteiger partial charge in [-0.2, -0.15) is 10.5 Å². The zero-order valence-electron chi connectivity index (χ0n) is 10.5. The topological polar surface area (TPSA) is 128 Å². The number of hydrogen-bond donors (Lipinski definition) is 1. The van der Waals surface area contributed by atoms with E-state index in [0.717, 1.165) is 12.2 Å². The molecule has 9 heteroatoms. The molecule has 0 amide bonds. The van der Waals surface area contributed by atoms with Crippen molar-refractivity contribution in [1.82, 2.24) is 0 Å². The van der Waals surface area contributed by atoms with Crippen molar-refractivity contribution in [3.05, 3.63) is 47.2 Å². The number of sulfone groups is 1. The molecule has 0 unspecified atom stereocenters. The van der Waals surface area contributed by atoms with Gasteiger partial charge >= 0.3 is 0 Å². The Morgan fingerprint density at radius 2 is 1.52 bits per heavy atom. The van der Waals surface area contributed by atoms with Gasteiger partial charge in [-0.1, -0.05) is 12.1 Å². The quantitative estimate of drug-likeness (QED) is 0.813. The highest BCUT2D eigenvalue weighted by Gasteiger charge is 2.18. The standard InChI is InChI=1S/C12H9N3O4S2/c13-7-3-9-20(16,17)12-6-2-1-5-11(12)15-21(18,19)10-4-8-14/h1-6,9-10,15H. The summed E-state index contributed by atoms with van der Waals surface area (Å²) in [6.45, 7) is 0. The molecular formula is C12H9N3O4S2. The van der Waals surface area contributed by atoms with Crippen LogP contribution in [0.3, 0.4) is 0 Å². The van der Waals surface area contributed by atoms with Crippen LogP contribution in [0.2, 0.25) is 0 Å². The Kier molecular flexibility index (Phi) is 5.24. The molecule has 108 valence electrons. The maximum absolute atomic E-state index is 12.0. The van der Waals surface area contributed by atoms with E-state index in [9.17, 15) is 16.8 Å². The van der Waals surface area contributed by atoms with Crippen molar-refractivity contribution in [3.8, 4) is 12.1 Å². The minimum absolute atomic E-state index is 0.178. The van der Waals surface area contributed by atoms with Crippen molar-refractivity contribution in [2.75, 3.05) is 4.72 Å². The molecule has 1 aromatic rings. The molecule has 0 aliphatic rings. The van der Waals surface area contributed by atoms with E-state index in [4.69, 9.17) is 10.5 Å². The molecular weight excluding hydrogens is 314 g/mol. The number of rotatable bonds is 5. The van der Waals surface area contributed by atoms with Gasteiger partial charge in [0.1, 0.15) is 0 Å². The van der Waals surface area contributed by atoms with Gasteiger partial charge in [-0.05, 0) is 12.1 Å². The van der Waals surface area contributed by atoms with E-state index in [2.05, 4.69) is 0 Å². The van der Waals surface area contributed by atoms with Crippen molar-refractivity contribution >= 4 is 25.5 Å². The Balaban J connectivity index is 3.31. The molecule has 0 fully saturated rings. The number of sulfonamides is 1. The molecule has 0 aliphatic carbocycles. The average molecular weight is 323 g/mol. The third kappa shape index (κ3) is 4.76. The van der Waals surface area contributed by atoms with Crippen LogP contribution in [0.25, 0.3) is 0 Å². The Bertz CT molecular complexity index is 870. The maximum atomic E-state index is 12.0. The monoisotopic (exact) mass is 323 g/mol. The summed E-state index contributed by atoms with van der Waals surface area (Å²) >= 11 is 0. The zero-order chi connectivity index (χ0) is 15.9. The number of nitrogens with zero attached hydrogens (tertiary/aromatic N) is 2. The highest BCUT2D eigenvalue weighted by atomic mass is 32.2. The van der Waals surface area contributed by atoms with E-state index in [1.54, 1.807) is 6.07 Å². The summed E-state index contributed by atoms with van der Waals surface area (Å²) in [5.41, 5.74) is -0.178. The summed E-state index contributed by atoms with van der Waals surface area (Å²) in [5.74, 6) is 0. The Morgan fingerprint density at radius 1 is 0.952 bits per heavy atom. The summed E-state index contributed by atoms with van der Waals surface area (Å²) in [6, 6.07) is 8.37.